The first kappa shape index (κ1) is 12.8. The molecule has 3 heteroatoms. The largest absolute Gasteiger partial charge is 0.393 e. The van der Waals surface area contributed by atoms with Crippen LogP contribution in [0.5, 0.6) is 0 Å². The van der Waals surface area contributed by atoms with Gasteiger partial charge in [-0.25, -0.2) is 0 Å². The fourth-order valence-electron chi connectivity index (χ4n) is 0.884. The monoisotopic (exact) mass is 209 g/mol. The molecule has 0 atom stereocenters. The summed E-state index contributed by atoms with van der Waals surface area (Å²) < 4.78 is 0. The molecule has 1 rings (SSSR count). The molecule has 0 spiro atoms. The van der Waals surface area contributed by atoms with E-state index in [2.05, 4.69) is 12.2 Å². The normalized spacial score (nSPS) is 8.43. The summed E-state index contributed by atoms with van der Waals surface area (Å²) in [4.78, 5) is 11.5. The van der Waals surface area contributed by atoms with Crippen molar-refractivity contribution in [2.45, 2.75) is 20.3 Å². The highest BCUT2D eigenvalue weighted by atomic mass is 32.1. The van der Waals surface area contributed by atoms with E-state index < -0.39 is 0 Å². The molecule has 2 nitrogen and oxygen atoms in total. The number of hydrogen-bond donors (Lipinski definition) is 1. The number of nitrogens with two attached hydrogens (primary N) is 1. The Morgan fingerprint density at radius 3 is 2.21 bits per heavy atom. The Morgan fingerprint density at radius 1 is 1.29 bits per heavy atom. The molecule has 0 bridgehead atoms. The maximum Gasteiger partial charge on any atom is 0.169 e. The number of carbonyl (C=O) groups is 1. The average Bonchev–Trinajstić information content (AvgIpc) is 2.21. The van der Waals surface area contributed by atoms with Crippen LogP contribution in [0.2, 0.25) is 0 Å². The molecule has 76 valence electrons. The van der Waals surface area contributed by atoms with Gasteiger partial charge in [-0.1, -0.05) is 56.4 Å². The Bertz CT molecular complexity index is 295. The van der Waals surface area contributed by atoms with E-state index in [4.69, 9.17) is 5.73 Å². The van der Waals surface area contributed by atoms with Gasteiger partial charge in [0, 0.05) is 5.56 Å². The molecule has 0 saturated heterocycles. The SMILES string of the molecule is CC.NC(=S)CC(=O)c1ccccc1. The minimum absolute atomic E-state index is 0.0249. The maximum absolute atomic E-state index is 11.3. The molecule has 0 amide bonds. The zero-order chi connectivity index (χ0) is 11.0. The van der Waals surface area contributed by atoms with Crippen molar-refractivity contribution in [2.75, 3.05) is 0 Å². The van der Waals surface area contributed by atoms with E-state index in [1.807, 2.05) is 32.0 Å². The molecule has 0 saturated carbocycles. The lowest BCUT2D eigenvalue weighted by Crippen LogP contribution is -2.13. The van der Waals surface area contributed by atoms with Crippen molar-refractivity contribution < 1.29 is 4.79 Å². The summed E-state index contributed by atoms with van der Waals surface area (Å²) in [5.74, 6) is -0.0249. The van der Waals surface area contributed by atoms with E-state index in [0.29, 0.717) is 5.56 Å². The van der Waals surface area contributed by atoms with Crippen molar-refractivity contribution in [3.63, 3.8) is 0 Å². The van der Waals surface area contributed by atoms with Gasteiger partial charge < -0.3 is 5.73 Å². The lowest BCUT2D eigenvalue weighted by Gasteiger charge is -1.97. The Kier molecular flexibility index (Phi) is 6.58. The van der Waals surface area contributed by atoms with E-state index in [1.54, 1.807) is 12.1 Å². The zero-order valence-corrected chi connectivity index (χ0v) is 9.30. The van der Waals surface area contributed by atoms with Crippen molar-refractivity contribution in [1.82, 2.24) is 0 Å². The highest BCUT2D eigenvalue weighted by Gasteiger charge is 2.04. The van der Waals surface area contributed by atoms with Crippen LogP contribution in [0, 0.1) is 0 Å². The van der Waals surface area contributed by atoms with Crippen molar-refractivity contribution in [2.24, 2.45) is 5.73 Å². The van der Waals surface area contributed by atoms with Crippen LogP contribution in [0.3, 0.4) is 0 Å². The standard InChI is InChI=1S/C9H9NOS.C2H6/c10-9(12)6-8(11)7-4-2-1-3-5-7;1-2/h1-5H,6H2,(H2,10,12);1-2H3. The van der Waals surface area contributed by atoms with Gasteiger partial charge in [-0.2, -0.15) is 0 Å². The third-order valence-electron chi connectivity index (χ3n) is 1.43. The Labute approximate surface area is 90.1 Å². The molecule has 0 radical (unpaired) electrons. The van der Waals surface area contributed by atoms with Crippen LogP contribution in [0.25, 0.3) is 0 Å². The molecule has 0 fully saturated rings. The van der Waals surface area contributed by atoms with Gasteiger partial charge in [0.1, 0.15) is 0 Å². The molecular weight excluding hydrogens is 194 g/mol. The lowest BCUT2D eigenvalue weighted by molar-refractivity contribution is 0.100. The molecule has 2 N–H and O–H groups in total. The van der Waals surface area contributed by atoms with Crippen LogP contribution in [0.4, 0.5) is 0 Å². The minimum Gasteiger partial charge on any atom is -0.393 e. The van der Waals surface area contributed by atoms with E-state index in [1.165, 1.54) is 0 Å². The van der Waals surface area contributed by atoms with Gasteiger partial charge in [0.15, 0.2) is 5.78 Å². The van der Waals surface area contributed by atoms with Gasteiger partial charge in [-0.3, -0.25) is 4.79 Å². The van der Waals surface area contributed by atoms with Gasteiger partial charge in [-0.05, 0) is 0 Å². The summed E-state index contributed by atoms with van der Waals surface area (Å²) >= 11 is 4.63. The molecule has 0 aliphatic heterocycles. The summed E-state index contributed by atoms with van der Waals surface area (Å²) in [6, 6.07) is 8.98. The number of carbonyl (C=O) groups excluding carboxylic acids is 1. The van der Waals surface area contributed by atoms with Gasteiger partial charge >= 0.3 is 0 Å². The first-order chi connectivity index (χ1) is 6.70. The number of thiocarbonyl (C=S) groups is 1. The van der Waals surface area contributed by atoms with Gasteiger partial charge in [0.25, 0.3) is 0 Å². The topological polar surface area (TPSA) is 43.1 Å². The number of rotatable bonds is 3. The van der Waals surface area contributed by atoms with E-state index in [-0.39, 0.29) is 17.2 Å². The smallest absolute Gasteiger partial charge is 0.169 e. The highest BCUT2D eigenvalue weighted by molar-refractivity contribution is 7.80. The van der Waals surface area contributed by atoms with Gasteiger partial charge in [0.05, 0.1) is 11.4 Å². The third kappa shape index (κ3) is 4.72. The first-order valence-electron chi connectivity index (χ1n) is 4.56. The molecule has 1 aromatic rings. The molecule has 0 aliphatic rings. The van der Waals surface area contributed by atoms with Gasteiger partial charge in [-0.15, -0.1) is 0 Å². The summed E-state index contributed by atoms with van der Waals surface area (Å²) in [5.41, 5.74) is 5.90. The van der Waals surface area contributed by atoms with Crippen LogP contribution in [0.15, 0.2) is 30.3 Å². The van der Waals surface area contributed by atoms with Crippen LogP contribution < -0.4 is 5.73 Å². The van der Waals surface area contributed by atoms with E-state index in [0.717, 1.165) is 0 Å². The van der Waals surface area contributed by atoms with Crippen molar-refractivity contribution in [3.05, 3.63) is 35.9 Å². The molecule has 0 aliphatic carbocycles. The Hall–Kier alpha value is -1.22. The second-order valence-electron chi connectivity index (χ2n) is 2.43. The fraction of sp³-hybridized carbons (Fsp3) is 0.273. The van der Waals surface area contributed by atoms with Crippen molar-refractivity contribution in [3.8, 4) is 0 Å². The molecular formula is C11H15NOS. The van der Waals surface area contributed by atoms with Crippen LogP contribution in [-0.4, -0.2) is 10.8 Å². The average molecular weight is 209 g/mol. The van der Waals surface area contributed by atoms with Crippen LogP contribution in [-0.2, 0) is 0 Å². The van der Waals surface area contributed by atoms with Crippen LogP contribution >= 0.6 is 12.2 Å². The van der Waals surface area contributed by atoms with E-state index >= 15 is 0 Å². The fourth-order valence-corrected chi connectivity index (χ4v) is 1.02. The minimum atomic E-state index is -0.0249. The number of hydrogen-bond acceptors (Lipinski definition) is 2. The highest BCUT2D eigenvalue weighted by Crippen LogP contribution is 2.02. The zero-order valence-electron chi connectivity index (χ0n) is 8.49. The summed E-state index contributed by atoms with van der Waals surface area (Å²) in [6.45, 7) is 4.00. The second-order valence-corrected chi connectivity index (χ2v) is 2.96. The molecule has 0 aromatic heterocycles. The van der Waals surface area contributed by atoms with Crippen molar-refractivity contribution in [1.29, 1.82) is 0 Å². The second kappa shape index (κ2) is 7.21. The quantitative estimate of drug-likeness (QED) is 0.614. The third-order valence-corrected chi connectivity index (χ3v) is 1.57. The van der Waals surface area contributed by atoms with Gasteiger partial charge in [0.2, 0.25) is 0 Å². The predicted octanol–water partition coefficient (Wildman–Crippen LogP) is 2.57. The van der Waals surface area contributed by atoms with E-state index in [9.17, 15) is 4.79 Å². The molecule has 0 unspecified atom stereocenters. The first-order valence-corrected chi connectivity index (χ1v) is 4.97. The lowest BCUT2D eigenvalue weighted by atomic mass is 10.1. The molecule has 1 aromatic carbocycles. The number of Topliss-reactive ketones (excluding diaryl/α,β-unsaturated/α-hetero) is 1. The Balaban J connectivity index is 0.000000791. The number of benzene rings is 1. The Morgan fingerprint density at radius 2 is 1.79 bits per heavy atom. The van der Waals surface area contributed by atoms with Crippen molar-refractivity contribution >= 4 is 23.0 Å². The summed E-state index contributed by atoms with van der Waals surface area (Å²) in [6.07, 6.45) is 0.152. The summed E-state index contributed by atoms with van der Waals surface area (Å²) in [7, 11) is 0. The maximum atomic E-state index is 11.3. The van der Waals surface area contributed by atoms with Crippen LogP contribution in [0.1, 0.15) is 30.6 Å². The summed E-state index contributed by atoms with van der Waals surface area (Å²) in [5, 5.41) is 0. The molecule has 14 heavy (non-hydrogen) atoms. The molecule has 0 heterocycles. The number of ketones is 1. The predicted molar refractivity (Wildman–Crippen MR) is 63.5 cm³/mol.